The average molecular weight is 306 g/mol. The van der Waals surface area contributed by atoms with Crippen molar-refractivity contribution in [1.82, 2.24) is 4.90 Å². The van der Waals surface area contributed by atoms with Crippen molar-refractivity contribution in [2.24, 2.45) is 5.41 Å². The Balaban J connectivity index is 2.67. The fourth-order valence-electron chi connectivity index (χ4n) is 2.72. The van der Waals surface area contributed by atoms with Crippen LogP contribution in [0.3, 0.4) is 0 Å². The third-order valence-corrected chi connectivity index (χ3v) is 4.25. The van der Waals surface area contributed by atoms with Crippen molar-refractivity contribution in [3.8, 4) is 0 Å². The Morgan fingerprint density at radius 3 is 2.47 bits per heavy atom. The summed E-state index contributed by atoms with van der Waals surface area (Å²) < 4.78 is 5.09. The SMILES string of the molecule is CCC1(C(=O)N(CCBr)CCOC)CCCC1. The van der Waals surface area contributed by atoms with Crippen LogP contribution in [0.1, 0.15) is 39.0 Å². The van der Waals surface area contributed by atoms with Crippen LogP contribution in [-0.2, 0) is 9.53 Å². The van der Waals surface area contributed by atoms with Gasteiger partial charge >= 0.3 is 0 Å². The molecule has 0 aromatic carbocycles. The fraction of sp³-hybridized carbons (Fsp3) is 0.923. The third-order valence-electron chi connectivity index (χ3n) is 3.90. The van der Waals surface area contributed by atoms with E-state index in [9.17, 15) is 4.79 Å². The molecular weight excluding hydrogens is 282 g/mol. The molecule has 0 aliphatic heterocycles. The summed E-state index contributed by atoms with van der Waals surface area (Å²) in [6.45, 7) is 4.26. The Kier molecular flexibility index (Phi) is 6.49. The largest absolute Gasteiger partial charge is 0.383 e. The van der Waals surface area contributed by atoms with Gasteiger partial charge in [0.25, 0.3) is 0 Å². The van der Waals surface area contributed by atoms with E-state index in [1.807, 2.05) is 4.90 Å². The van der Waals surface area contributed by atoms with E-state index in [0.717, 1.165) is 31.1 Å². The van der Waals surface area contributed by atoms with E-state index in [4.69, 9.17) is 4.74 Å². The van der Waals surface area contributed by atoms with Gasteiger partial charge in [-0.15, -0.1) is 0 Å². The molecule has 0 atom stereocenters. The second kappa shape index (κ2) is 7.37. The molecule has 0 heterocycles. The van der Waals surface area contributed by atoms with E-state index >= 15 is 0 Å². The molecule has 1 aliphatic carbocycles. The number of ether oxygens (including phenoxy) is 1. The van der Waals surface area contributed by atoms with Crippen LogP contribution in [0.25, 0.3) is 0 Å². The van der Waals surface area contributed by atoms with E-state index in [2.05, 4.69) is 22.9 Å². The van der Waals surface area contributed by atoms with E-state index in [0.29, 0.717) is 19.1 Å². The second-order valence-corrected chi connectivity index (χ2v) is 5.61. The predicted molar refractivity (Wildman–Crippen MR) is 73.4 cm³/mol. The molecule has 0 unspecified atom stereocenters. The first-order valence-corrected chi connectivity index (χ1v) is 7.66. The average Bonchev–Trinajstić information content (AvgIpc) is 2.83. The van der Waals surface area contributed by atoms with E-state index in [1.54, 1.807) is 7.11 Å². The molecule has 0 aromatic heterocycles. The number of nitrogens with zero attached hydrogens (tertiary/aromatic N) is 1. The Morgan fingerprint density at radius 1 is 1.35 bits per heavy atom. The highest BCUT2D eigenvalue weighted by atomic mass is 79.9. The van der Waals surface area contributed by atoms with Crippen molar-refractivity contribution >= 4 is 21.8 Å². The van der Waals surface area contributed by atoms with Crippen LogP contribution in [0.5, 0.6) is 0 Å². The summed E-state index contributed by atoms with van der Waals surface area (Å²) >= 11 is 3.42. The number of alkyl halides is 1. The highest BCUT2D eigenvalue weighted by molar-refractivity contribution is 9.09. The highest BCUT2D eigenvalue weighted by Crippen LogP contribution is 2.42. The Labute approximate surface area is 113 Å². The molecule has 17 heavy (non-hydrogen) atoms. The van der Waals surface area contributed by atoms with E-state index in [-0.39, 0.29) is 5.41 Å². The molecule has 0 spiro atoms. The summed E-state index contributed by atoms with van der Waals surface area (Å²) in [5.74, 6) is 0.342. The normalized spacial score (nSPS) is 18.3. The molecule has 1 fully saturated rings. The molecule has 0 aromatic rings. The van der Waals surface area contributed by atoms with Gasteiger partial charge in [-0.3, -0.25) is 4.79 Å². The zero-order valence-corrected chi connectivity index (χ0v) is 12.6. The van der Waals surface area contributed by atoms with Gasteiger partial charge in [0, 0.05) is 30.9 Å². The molecule has 100 valence electrons. The highest BCUT2D eigenvalue weighted by Gasteiger charge is 2.41. The fourth-order valence-corrected chi connectivity index (χ4v) is 3.15. The number of rotatable bonds is 7. The summed E-state index contributed by atoms with van der Waals surface area (Å²) in [6.07, 6.45) is 5.50. The molecule has 0 radical (unpaired) electrons. The first kappa shape index (κ1) is 15.0. The standard InChI is InChI=1S/C13H24BrNO2/c1-3-13(6-4-5-7-13)12(16)15(9-8-14)10-11-17-2/h3-11H2,1-2H3. The number of halogens is 1. The van der Waals surface area contributed by atoms with Crippen LogP contribution in [0.2, 0.25) is 0 Å². The molecule has 1 rings (SSSR count). The molecule has 1 aliphatic rings. The van der Waals surface area contributed by atoms with Gasteiger partial charge in [-0.1, -0.05) is 35.7 Å². The van der Waals surface area contributed by atoms with Gasteiger partial charge in [-0.25, -0.2) is 0 Å². The van der Waals surface area contributed by atoms with Gasteiger partial charge in [0.1, 0.15) is 0 Å². The molecule has 0 N–H and O–H groups in total. The molecule has 1 amide bonds. The first-order chi connectivity index (χ1) is 8.20. The van der Waals surface area contributed by atoms with E-state index < -0.39 is 0 Å². The molecular formula is C13H24BrNO2. The van der Waals surface area contributed by atoms with Crippen molar-refractivity contribution < 1.29 is 9.53 Å². The van der Waals surface area contributed by atoms with Gasteiger partial charge in [0.15, 0.2) is 0 Å². The maximum Gasteiger partial charge on any atom is 0.228 e. The summed E-state index contributed by atoms with van der Waals surface area (Å²) in [4.78, 5) is 14.6. The number of hydrogen-bond acceptors (Lipinski definition) is 2. The van der Waals surface area contributed by atoms with Crippen LogP contribution in [0, 0.1) is 5.41 Å². The summed E-state index contributed by atoms with van der Waals surface area (Å²) in [5, 5.41) is 0.836. The van der Waals surface area contributed by atoms with E-state index in [1.165, 1.54) is 12.8 Å². The second-order valence-electron chi connectivity index (χ2n) is 4.81. The van der Waals surface area contributed by atoms with Gasteiger partial charge in [0.05, 0.1) is 6.61 Å². The van der Waals surface area contributed by atoms with Crippen molar-refractivity contribution in [3.05, 3.63) is 0 Å². The van der Waals surface area contributed by atoms with Crippen LogP contribution in [0.4, 0.5) is 0 Å². The Morgan fingerprint density at radius 2 is 2.00 bits per heavy atom. The van der Waals surface area contributed by atoms with Crippen molar-refractivity contribution in [1.29, 1.82) is 0 Å². The van der Waals surface area contributed by atoms with Gasteiger partial charge in [0.2, 0.25) is 5.91 Å². The van der Waals surface area contributed by atoms with Crippen molar-refractivity contribution in [3.63, 3.8) is 0 Å². The van der Waals surface area contributed by atoms with Crippen LogP contribution >= 0.6 is 15.9 Å². The van der Waals surface area contributed by atoms with Crippen LogP contribution in [0.15, 0.2) is 0 Å². The van der Waals surface area contributed by atoms with Crippen LogP contribution < -0.4 is 0 Å². The summed E-state index contributed by atoms with van der Waals surface area (Å²) in [7, 11) is 1.68. The van der Waals surface area contributed by atoms with Crippen molar-refractivity contribution in [2.75, 3.05) is 32.1 Å². The smallest absolute Gasteiger partial charge is 0.228 e. The molecule has 3 nitrogen and oxygen atoms in total. The zero-order chi connectivity index (χ0) is 12.7. The lowest BCUT2D eigenvalue weighted by molar-refractivity contribution is -0.142. The molecule has 4 heteroatoms. The molecule has 0 bridgehead atoms. The minimum absolute atomic E-state index is 0.0735. The number of amides is 1. The quantitative estimate of drug-likeness (QED) is 0.677. The predicted octanol–water partition coefficient (Wildman–Crippen LogP) is 2.83. The lowest BCUT2D eigenvalue weighted by atomic mass is 9.82. The molecule has 0 saturated heterocycles. The van der Waals surface area contributed by atoms with Gasteiger partial charge in [-0.2, -0.15) is 0 Å². The molecule has 1 saturated carbocycles. The minimum atomic E-state index is -0.0735. The Hall–Kier alpha value is -0.0900. The third kappa shape index (κ3) is 3.68. The van der Waals surface area contributed by atoms with Crippen molar-refractivity contribution in [2.45, 2.75) is 39.0 Å². The van der Waals surface area contributed by atoms with Gasteiger partial charge < -0.3 is 9.64 Å². The number of methoxy groups -OCH3 is 1. The minimum Gasteiger partial charge on any atom is -0.383 e. The maximum atomic E-state index is 12.6. The topological polar surface area (TPSA) is 29.5 Å². The number of carbonyl (C=O) groups is 1. The number of carbonyl (C=O) groups excluding carboxylic acids is 1. The Bertz CT molecular complexity index is 240. The number of hydrogen-bond donors (Lipinski definition) is 0. The first-order valence-electron chi connectivity index (χ1n) is 6.54. The van der Waals surface area contributed by atoms with Crippen LogP contribution in [-0.4, -0.2) is 42.9 Å². The maximum absolute atomic E-state index is 12.6. The zero-order valence-electron chi connectivity index (χ0n) is 11.0. The van der Waals surface area contributed by atoms with Gasteiger partial charge in [-0.05, 0) is 19.3 Å². The summed E-state index contributed by atoms with van der Waals surface area (Å²) in [5.41, 5.74) is -0.0735. The monoisotopic (exact) mass is 305 g/mol. The lowest BCUT2D eigenvalue weighted by Gasteiger charge is -2.33. The summed E-state index contributed by atoms with van der Waals surface area (Å²) in [6, 6.07) is 0. The lowest BCUT2D eigenvalue weighted by Crippen LogP contribution is -2.44.